The third kappa shape index (κ3) is 5.07. The van der Waals surface area contributed by atoms with Gasteiger partial charge in [0.05, 0.1) is 11.6 Å². The SMILES string of the molecule is COc1c(Br)cc(Br)cc1CNCCS(C)=O. The normalized spacial score (nSPS) is 12.5. The van der Waals surface area contributed by atoms with Gasteiger partial charge in [-0.1, -0.05) is 15.9 Å². The van der Waals surface area contributed by atoms with Crippen LogP contribution in [0.1, 0.15) is 5.56 Å². The summed E-state index contributed by atoms with van der Waals surface area (Å²) in [5.74, 6) is 1.50. The van der Waals surface area contributed by atoms with E-state index in [1.165, 1.54) is 0 Å². The van der Waals surface area contributed by atoms with Crippen LogP contribution in [0.3, 0.4) is 0 Å². The fraction of sp³-hybridized carbons (Fsp3) is 0.455. The van der Waals surface area contributed by atoms with Crippen LogP contribution in [0.2, 0.25) is 0 Å². The number of rotatable bonds is 6. The van der Waals surface area contributed by atoms with Crippen molar-refractivity contribution in [2.45, 2.75) is 6.54 Å². The molecule has 1 N–H and O–H groups in total. The van der Waals surface area contributed by atoms with Crippen LogP contribution in [-0.4, -0.2) is 29.9 Å². The molecule has 0 radical (unpaired) electrons. The topological polar surface area (TPSA) is 38.3 Å². The zero-order valence-corrected chi connectivity index (χ0v) is 13.7. The van der Waals surface area contributed by atoms with Gasteiger partial charge in [0.2, 0.25) is 0 Å². The standard InChI is InChI=1S/C11H15Br2NO2S/c1-16-11-8(5-9(12)6-10(11)13)7-14-3-4-17(2)15/h5-6,14H,3-4,7H2,1-2H3. The molecule has 0 aromatic heterocycles. The Kier molecular flexibility index (Phi) is 6.69. The van der Waals surface area contributed by atoms with Gasteiger partial charge in [0.15, 0.2) is 0 Å². The molecule has 0 saturated heterocycles. The predicted octanol–water partition coefficient (Wildman–Crippen LogP) is 2.69. The Hall–Kier alpha value is 0.0900. The Labute approximate surface area is 121 Å². The highest BCUT2D eigenvalue weighted by molar-refractivity contribution is 9.11. The molecule has 96 valence electrons. The molecular weight excluding hydrogens is 370 g/mol. The van der Waals surface area contributed by atoms with E-state index in [1.54, 1.807) is 13.4 Å². The van der Waals surface area contributed by atoms with Gasteiger partial charge in [-0.15, -0.1) is 0 Å². The molecule has 1 aromatic carbocycles. The number of ether oxygens (including phenoxy) is 1. The van der Waals surface area contributed by atoms with E-state index in [9.17, 15) is 4.21 Å². The van der Waals surface area contributed by atoms with Crippen molar-refractivity contribution in [3.63, 3.8) is 0 Å². The lowest BCUT2D eigenvalue weighted by Gasteiger charge is -2.12. The van der Waals surface area contributed by atoms with Crippen LogP contribution < -0.4 is 10.1 Å². The van der Waals surface area contributed by atoms with Crippen LogP contribution in [0.5, 0.6) is 5.75 Å². The smallest absolute Gasteiger partial charge is 0.137 e. The van der Waals surface area contributed by atoms with Crippen molar-refractivity contribution in [2.24, 2.45) is 0 Å². The zero-order chi connectivity index (χ0) is 12.8. The van der Waals surface area contributed by atoms with Crippen molar-refractivity contribution in [1.29, 1.82) is 0 Å². The number of methoxy groups -OCH3 is 1. The largest absolute Gasteiger partial charge is 0.495 e. The minimum Gasteiger partial charge on any atom is -0.495 e. The Morgan fingerprint density at radius 3 is 2.71 bits per heavy atom. The third-order valence-corrected chi connectivity index (χ3v) is 4.00. The second kappa shape index (κ2) is 7.51. The minimum atomic E-state index is -0.752. The molecule has 0 aliphatic heterocycles. The summed E-state index contributed by atoms with van der Waals surface area (Å²) in [4.78, 5) is 0. The van der Waals surface area contributed by atoms with Gasteiger partial charge in [-0.3, -0.25) is 4.21 Å². The Morgan fingerprint density at radius 1 is 1.41 bits per heavy atom. The van der Waals surface area contributed by atoms with Gasteiger partial charge < -0.3 is 10.1 Å². The molecule has 0 spiro atoms. The first-order valence-corrected chi connectivity index (χ1v) is 8.38. The zero-order valence-electron chi connectivity index (χ0n) is 9.76. The Morgan fingerprint density at radius 2 is 2.12 bits per heavy atom. The maximum atomic E-state index is 10.9. The lowest BCUT2D eigenvalue weighted by atomic mass is 10.2. The van der Waals surface area contributed by atoms with Gasteiger partial charge in [0.1, 0.15) is 5.75 Å². The Balaban J connectivity index is 2.66. The number of nitrogens with one attached hydrogen (secondary N) is 1. The molecule has 3 nitrogen and oxygen atoms in total. The molecule has 0 saturated carbocycles. The van der Waals surface area contributed by atoms with E-state index in [0.717, 1.165) is 26.8 Å². The molecule has 0 heterocycles. The average molecular weight is 385 g/mol. The monoisotopic (exact) mass is 383 g/mol. The van der Waals surface area contributed by atoms with Crippen LogP contribution in [0, 0.1) is 0 Å². The van der Waals surface area contributed by atoms with E-state index in [1.807, 2.05) is 12.1 Å². The highest BCUT2D eigenvalue weighted by Gasteiger charge is 2.08. The number of hydrogen-bond acceptors (Lipinski definition) is 3. The summed E-state index contributed by atoms with van der Waals surface area (Å²) in [6.45, 7) is 1.43. The van der Waals surface area contributed by atoms with Crippen molar-refractivity contribution in [1.82, 2.24) is 5.32 Å². The third-order valence-electron chi connectivity index (χ3n) is 2.17. The van der Waals surface area contributed by atoms with Crippen molar-refractivity contribution in [3.8, 4) is 5.75 Å². The molecule has 6 heteroatoms. The first-order chi connectivity index (χ1) is 8.04. The van der Waals surface area contributed by atoms with Gasteiger partial charge in [-0.25, -0.2) is 0 Å². The highest BCUT2D eigenvalue weighted by atomic mass is 79.9. The molecule has 1 atom stereocenters. The van der Waals surface area contributed by atoms with Crippen LogP contribution >= 0.6 is 31.9 Å². The van der Waals surface area contributed by atoms with E-state index in [4.69, 9.17) is 4.74 Å². The predicted molar refractivity (Wildman–Crippen MR) is 79.0 cm³/mol. The Bertz CT molecular complexity index is 413. The number of halogens is 2. The quantitative estimate of drug-likeness (QED) is 0.766. The van der Waals surface area contributed by atoms with Crippen molar-refractivity contribution >= 4 is 42.7 Å². The van der Waals surface area contributed by atoms with Crippen LogP contribution in [0.15, 0.2) is 21.1 Å². The van der Waals surface area contributed by atoms with E-state index in [0.29, 0.717) is 12.3 Å². The number of benzene rings is 1. The maximum Gasteiger partial charge on any atom is 0.137 e. The summed E-state index contributed by atoms with van der Waals surface area (Å²) in [5, 5.41) is 3.25. The van der Waals surface area contributed by atoms with Crippen molar-refractivity contribution < 1.29 is 8.95 Å². The fourth-order valence-electron chi connectivity index (χ4n) is 1.41. The van der Waals surface area contributed by atoms with Gasteiger partial charge in [0, 0.05) is 45.9 Å². The second-order valence-corrected chi connectivity index (χ2v) is 6.86. The summed E-state index contributed by atoms with van der Waals surface area (Å²) in [5.41, 5.74) is 1.07. The van der Waals surface area contributed by atoms with E-state index < -0.39 is 10.8 Å². The first kappa shape index (κ1) is 15.1. The molecule has 0 aliphatic carbocycles. The summed E-state index contributed by atoms with van der Waals surface area (Å²) >= 11 is 6.91. The van der Waals surface area contributed by atoms with Gasteiger partial charge in [0.25, 0.3) is 0 Å². The second-order valence-electron chi connectivity index (χ2n) is 3.53. The molecule has 1 unspecified atom stereocenters. The molecule has 1 aromatic rings. The molecule has 17 heavy (non-hydrogen) atoms. The van der Waals surface area contributed by atoms with E-state index in [-0.39, 0.29) is 0 Å². The molecule has 0 fully saturated rings. The molecule has 0 bridgehead atoms. The van der Waals surface area contributed by atoms with Crippen LogP contribution in [0.25, 0.3) is 0 Å². The lowest BCUT2D eigenvalue weighted by molar-refractivity contribution is 0.405. The van der Waals surface area contributed by atoms with Crippen molar-refractivity contribution in [2.75, 3.05) is 25.7 Å². The maximum absolute atomic E-state index is 10.9. The minimum absolute atomic E-state index is 0.664. The lowest BCUT2D eigenvalue weighted by Crippen LogP contribution is -2.20. The van der Waals surface area contributed by atoms with Gasteiger partial charge in [-0.2, -0.15) is 0 Å². The summed E-state index contributed by atoms with van der Waals surface area (Å²) in [7, 11) is 0.900. The molecule has 1 rings (SSSR count). The summed E-state index contributed by atoms with van der Waals surface area (Å²) in [6, 6.07) is 3.96. The van der Waals surface area contributed by atoms with E-state index >= 15 is 0 Å². The van der Waals surface area contributed by atoms with Gasteiger partial charge >= 0.3 is 0 Å². The fourth-order valence-corrected chi connectivity index (χ4v) is 3.32. The van der Waals surface area contributed by atoms with Gasteiger partial charge in [-0.05, 0) is 28.1 Å². The van der Waals surface area contributed by atoms with Crippen LogP contribution in [-0.2, 0) is 17.3 Å². The first-order valence-electron chi connectivity index (χ1n) is 5.07. The molecule has 0 amide bonds. The summed E-state index contributed by atoms with van der Waals surface area (Å²) < 4.78 is 18.2. The van der Waals surface area contributed by atoms with Crippen LogP contribution in [0.4, 0.5) is 0 Å². The number of hydrogen-bond donors (Lipinski definition) is 1. The molecule has 0 aliphatic rings. The van der Waals surface area contributed by atoms with E-state index in [2.05, 4.69) is 37.2 Å². The average Bonchev–Trinajstić information content (AvgIpc) is 2.23. The highest BCUT2D eigenvalue weighted by Crippen LogP contribution is 2.32. The summed E-state index contributed by atoms with van der Waals surface area (Å²) in [6.07, 6.45) is 1.71. The molecular formula is C11H15Br2NO2S. The van der Waals surface area contributed by atoms with Crippen molar-refractivity contribution in [3.05, 3.63) is 26.6 Å².